The summed E-state index contributed by atoms with van der Waals surface area (Å²) in [6.45, 7) is 3.89. The molecule has 8 heteroatoms. The largest absolute Gasteiger partial charge is 0.351 e. The minimum atomic E-state index is -0.277. The molecule has 6 nitrogen and oxygen atoms in total. The Morgan fingerprint density at radius 3 is 2.69 bits per heavy atom. The van der Waals surface area contributed by atoms with Gasteiger partial charge in [-0.25, -0.2) is 18.9 Å². The van der Waals surface area contributed by atoms with Gasteiger partial charge in [-0.1, -0.05) is 42.1 Å². The number of thioether (sulfide) groups is 1. The monoisotopic (exact) mass is 448 g/mol. The molecule has 32 heavy (non-hydrogen) atoms. The van der Waals surface area contributed by atoms with Crippen LogP contribution in [-0.4, -0.2) is 26.2 Å². The zero-order valence-corrected chi connectivity index (χ0v) is 18.4. The Hall–Kier alpha value is -3.52. The molecule has 0 atom stereocenters. The van der Waals surface area contributed by atoms with Crippen LogP contribution in [-0.2, 0) is 11.3 Å². The van der Waals surface area contributed by atoms with E-state index in [1.807, 2.05) is 19.1 Å². The first-order chi connectivity index (χ1) is 15.4. The molecule has 0 spiro atoms. The summed E-state index contributed by atoms with van der Waals surface area (Å²) < 4.78 is 14.9. The van der Waals surface area contributed by atoms with Crippen molar-refractivity contribution in [2.75, 3.05) is 5.75 Å². The van der Waals surface area contributed by atoms with Crippen molar-refractivity contribution in [3.8, 4) is 5.82 Å². The summed E-state index contributed by atoms with van der Waals surface area (Å²) in [7, 11) is 0. The number of nitrogens with zero attached hydrogens (tertiary/aromatic N) is 3. The number of para-hydroxylation sites is 1. The smallest absolute Gasteiger partial charge is 0.267 e. The predicted octanol–water partition coefficient (Wildman–Crippen LogP) is 3.95. The first-order valence-corrected chi connectivity index (χ1v) is 11.0. The van der Waals surface area contributed by atoms with E-state index in [9.17, 15) is 14.0 Å². The van der Waals surface area contributed by atoms with Crippen molar-refractivity contribution in [2.45, 2.75) is 25.5 Å². The molecule has 0 aliphatic carbocycles. The molecule has 2 aromatic carbocycles. The van der Waals surface area contributed by atoms with Crippen LogP contribution in [0, 0.1) is 19.7 Å². The second-order valence-corrected chi connectivity index (χ2v) is 8.34. The van der Waals surface area contributed by atoms with E-state index in [4.69, 9.17) is 0 Å². The van der Waals surface area contributed by atoms with E-state index < -0.39 is 0 Å². The van der Waals surface area contributed by atoms with Crippen molar-refractivity contribution in [3.05, 3.63) is 93.7 Å². The minimum Gasteiger partial charge on any atom is -0.351 e. The van der Waals surface area contributed by atoms with Gasteiger partial charge < -0.3 is 5.32 Å². The molecule has 1 amide bonds. The topological polar surface area (TPSA) is 76.9 Å². The van der Waals surface area contributed by atoms with Gasteiger partial charge in [0.25, 0.3) is 5.56 Å². The van der Waals surface area contributed by atoms with Gasteiger partial charge in [0, 0.05) is 12.7 Å². The lowest BCUT2D eigenvalue weighted by Gasteiger charge is -2.13. The Labute approximate surface area is 188 Å². The number of halogens is 1. The highest BCUT2D eigenvalue weighted by Crippen LogP contribution is 2.20. The first-order valence-electron chi connectivity index (χ1n) is 10.0. The van der Waals surface area contributed by atoms with Crippen LogP contribution in [0.5, 0.6) is 0 Å². The van der Waals surface area contributed by atoms with Crippen LogP contribution in [0.4, 0.5) is 4.39 Å². The fourth-order valence-electron chi connectivity index (χ4n) is 3.20. The van der Waals surface area contributed by atoms with Crippen LogP contribution < -0.4 is 10.9 Å². The van der Waals surface area contributed by atoms with Crippen LogP contribution >= 0.6 is 11.8 Å². The lowest BCUT2D eigenvalue weighted by molar-refractivity contribution is -0.118. The van der Waals surface area contributed by atoms with Gasteiger partial charge in [-0.05, 0) is 54.8 Å². The molecule has 2 heterocycles. The molecular formula is C24H21FN4O2S. The number of fused-ring (bicyclic) bond motifs is 1. The predicted molar refractivity (Wildman–Crippen MR) is 124 cm³/mol. The normalized spacial score (nSPS) is 11.0. The zero-order chi connectivity index (χ0) is 22.7. The number of hydrogen-bond acceptors (Lipinski definition) is 5. The Morgan fingerprint density at radius 1 is 1.12 bits per heavy atom. The van der Waals surface area contributed by atoms with E-state index in [1.165, 1.54) is 10.6 Å². The number of aryl methyl sites for hydroxylation is 2. The van der Waals surface area contributed by atoms with Crippen molar-refractivity contribution >= 4 is 28.6 Å². The average molecular weight is 449 g/mol. The van der Waals surface area contributed by atoms with Gasteiger partial charge in [0.05, 0.1) is 16.7 Å². The number of rotatable bonds is 6. The lowest BCUT2D eigenvalue weighted by atomic mass is 10.1. The molecule has 0 aliphatic heterocycles. The van der Waals surface area contributed by atoms with Crippen LogP contribution in [0.25, 0.3) is 16.7 Å². The number of carbonyl (C=O) groups is 1. The van der Waals surface area contributed by atoms with E-state index in [0.717, 1.165) is 22.9 Å². The molecule has 2 aromatic heterocycles. The van der Waals surface area contributed by atoms with Gasteiger partial charge in [0.15, 0.2) is 5.16 Å². The summed E-state index contributed by atoms with van der Waals surface area (Å²) in [6.07, 6.45) is 1.68. The molecule has 4 rings (SSSR count). The molecule has 0 radical (unpaired) electrons. The van der Waals surface area contributed by atoms with Gasteiger partial charge in [0.1, 0.15) is 11.6 Å². The highest BCUT2D eigenvalue weighted by molar-refractivity contribution is 7.99. The van der Waals surface area contributed by atoms with Gasteiger partial charge in [-0.2, -0.15) is 0 Å². The van der Waals surface area contributed by atoms with Crippen molar-refractivity contribution in [1.29, 1.82) is 0 Å². The number of aromatic nitrogens is 3. The maximum atomic E-state index is 13.4. The summed E-state index contributed by atoms with van der Waals surface area (Å²) in [5, 5.41) is 3.69. The van der Waals surface area contributed by atoms with E-state index in [1.54, 1.807) is 49.5 Å². The molecule has 162 valence electrons. The van der Waals surface area contributed by atoms with Gasteiger partial charge in [-0.3, -0.25) is 9.59 Å². The van der Waals surface area contributed by atoms with E-state index in [2.05, 4.69) is 15.3 Å². The maximum Gasteiger partial charge on any atom is 0.267 e. The Bertz CT molecular complexity index is 1350. The van der Waals surface area contributed by atoms with Crippen LogP contribution in [0.15, 0.2) is 70.7 Å². The maximum absolute atomic E-state index is 13.4. The molecular weight excluding hydrogens is 427 g/mol. The fraction of sp³-hybridized carbons (Fsp3) is 0.167. The number of nitrogens with one attached hydrogen (secondary N) is 1. The summed E-state index contributed by atoms with van der Waals surface area (Å²) in [5.41, 5.74) is 2.63. The Kier molecular flexibility index (Phi) is 6.32. The standard InChI is InChI=1S/C24H21FN4O2S/c1-15-7-10-21(26-12-15)29-23(31)18-5-3-4-6-20(18)28-24(29)32-14-22(30)27-13-17-8-9-19(25)16(2)11-17/h3-12H,13-14H2,1-2H3,(H,27,30). The quantitative estimate of drug-likeness (QED) is 0.357. The third-order valence-electron chi connectivity index (χ3n) is 4.91. The fourth-order valence-corrected chi connectivity index (χ4v) is 4.03. The van der Waals surface area contributed by atoms with Crippen molar-refractivity contribution in [1.82, 2.24) is 19.9 Å². The van der Waals surface area contributed by atoms with Crippen LogP contribution in [0.3, 0.4) is 0 Å². The summed E-state index contributed by atoms with van der Waals surface area (Å²) >= 11 is 1.16. The number of hydrogen-bond donors (Lipinski definition) is 1. The van der Waals surface area contributed by atoms with Gasteiger partial charge in [-0.15, -0.1) is 0 Å². The summed E-state index contributed by atoms with van der Waals surface area (Å²) in [6, 6.07) is 15.5. The van der Waals surface area contributed by atoms with Gasteiger partial charge >= 0.3 is 0 Å². The number of amides is 1. The Balaban J connectivity index is 1.57. The van der Waals surface area contributed by atoms with Crippen molar-refractivity contribution < 1.29 is 9.18 Å². The minimum absolute atomic E-state index is 0.0663. The SMILES string of the molecule is Cc1ccc(-n2c(SCC(=O)NCc3ccc(F)c(C)c3)nc3ccccc3c2=O)nc1. The van der Waals surface area contributed by atoms with E-state index in [0.29, 0.717) is 27.4 Å². The van der Waals surface area contributed by atoms with Crippen LogP contribution in [0.1, 0.15) is 16.7 Å². The van der Waals surface area contributed by atoms with E-state index >= 15 is 0 Å². The second-order valence-electron chi connectivity index (χ2n) is 7.39. The Morgan fingerprint density at radius 2 is 1.94 bits per heavy atom. The molecule has 0 fully saturated rings. The molecule has 0 saturated heterocycles. The zero-order valence-electron chi connectivity index (χ0n) is 17.6. The highest BCUT2D eigenvalue weighted by atomic mass is 32.2. The number of benzene rings is 2. The molecule has 4 aromatic rings. The van der Waals surface area contributed by atoms with Crippen LogP contribution in [0.2, 0.25) is 0 Å². The summed E-state index contributed by atoms with van der Waals surface area (Å²) in [4.78, 5) is 34.6. The third-order valence-corrected chi connectivity index (χ3v) is 5.85. The molecule has 0 unspecified atom stereocenters. The number of pyridine rings is 1. The molecule has 0 aliphatic rings. The second kappa shape index (κ2) is 9.32. The molecule has 0 saturated carbocycles. The lowest BCUT2D eigenvalue weighted by Crippen LogP contribution is -2.26. The van der Waals surface area contributed by atoms with E-state index in [-0.39, 0.29) is 29.6 Å². The average Bonchev–Trinajstić information content (AvgIpc) is 2.79. The summed E-state index contributed by atoms with van der Waals surface area (Å²) in [5.74, 6) is 0.0173. The number of carbonyl (C=O) groups excluding carboxylic acids is 1. The highest BCUT2D eigenvalue weighted by Gasteiger charge is 2.15. The third kappa shape index (κ3) is 4.70. The van der Waals surface area contributed by atoms with Crippen molar-refractivity contribution in [3.63, 3.8) is 0 Å². The van der Waals surface area contributed by atoms with Crippen molar-refractivity contribution in [2.24, 2.45) is 0 Å². The molecule has 0 bridgehead atoms. The van der Waals surface area contributed by atoms with Gasteiger partial charge in [0.2, 0.25) is 5.91 Å². The molecule has 1 N–H and O–H groups in total. The first kappa shape index (κ1) is 21.7.